The Balaban J connectivity index is 3.36. The average molecular weight is 107 g/mol. The first-order chi connectivity index (χ1) is 3.12. The van der Waals surface area contributed by atoms with Crippen LogP contribution in [0.5, 0.6) is 0 Å². The van der Waals surface area contributed by atoms with Crippen molar-refractivity contribution in [3.8, 4) is 0 Å². The number of hydrogen-bond acceptors (Lipinski definition) is 2. The topological polar surface area (TPSA) is 35.2 Å². The summed E-state index contributed by atoms with van der Waals surface area (Å²) in [5.41, 5.74) is -0.806. The molecule has 0 fully saturated rings. The lowest BCUT2D eigenvalue weighted by molar-refractivity contribution is -0.0353. The normalized spacial score (nSPS) is 12.0. The lowest BCUT2D eigenvalue weighted by atomic mass is 10.2. The molecule has 0 radical (unpaired) electrons. The van der Waals surface area contributed by atoms with Gasteiger partial charge in [-0.3, -0.25) is 4.84 Å². The maximum atomic E-state index is 11.6. The Morgan fingerprint density at radius 3 is 2.14 bits per heavy atom. The van der Waals surface area contributed by atoms with E-state index in [4.69, 9.17) is 0 Å². The monoisotopic (exact) mass is 107 g/mol. The standard InChI is InChI=1S/C4H10FNO/c1-4(2,3-5)7-6/h3,6H2,1-2H3. The fourth-order valence-electron chi connectivity index (χ4n) is 0.0315. The molecule has 2 N–H and O–H groups in total. The Hall–Kier alpha value is -0.150. The van der Waals surface area contributed by atoms with Crippen LogP contribution in [0.2, 0.25) is 0 Å². The lowest BCUT2D eigenvalue weighted by Gasteiger charge is -2.15. The number of alkyl halides is 1. The summed E-state index contributed by atoms with van der Waals surface area (Å²) in [7, 11) is 0. The smallest absolute Gasteiger partial charge is 0.120 e. The zero-order valence-electron chi connectivity index (χ0n) is 4.57. The molecule has 0 unspecified atom stereocenters. The molecule has 0 aliphatic heterocycles. The molecule has 0 aliphatic carbocycles. The summed E-state index contributed by atoms with van der Waals surface area (Å²) in [6, 6.07) is 0. The van der Waals surface area contributed by atoms with Gasteiger partial charge in [-0.2, -0.15) is 0 Å². The number of hydrogen-bond donors (Lipinski definition) is 1. The van der Waals surface area contributed by atoms with E-state index in [0.717, 1.165) is 0 Å². The largest absolute Gasteiger partial charge is 0.296 e. The highest BCUT2D eigenvalue weighted by atomic mass is 19.1. The summed E-state index contributed by atoms with van der Waals surface area (Å²) in [6.45, 7) is 2.60. The van der Waals surface area contributed by atoms with E-state index in [9.17, 15) is 4.39 Å². The minimum atomic E-state index is -0.806. The number of nitrogens with two attached hydrogens (primary N) is 1. The van der Waals surface area contributed by atoms with E-state index in [1.165, 1.54) is 0 Å². The van der Waals surface area contributed by atoms with Gasteiger partial charge in [0.15, 0.2) is 0 Å². The molecular weight excluding hydrogens is 97.0 g/mol. The van der Waals surface area contributed by atoms with Gasteiger partial charge in [0.2, 0.25) is 0 Å². The molecule has 0 aromatic rings. The molecule has 0 spiro atoms. The second-order valence-electron chi connectivity index (χ2n) is 2.01. The van der Waals surface area contributed by atoms with Crippen molar-refractivity contribution in [1.29, 1.82) is 0 Å². The molecule has 0 rings (SSSR count). The first-order valence-corrected chi connectivity index (χ1v) is 2.06. The quantitative estimate of drug-likeness (QED) is 0.525. The second kappa shape index (κ2) is 2.23. The Labute approximate surface area is 42.4 Å². The van der Waals surface area contributed by atoms with E-state index in [0.29, 0.717) is 0 Å². The van der Waals surface area contributed by atoms with Crippen LogP contribution in [0.25, 0.3) is 0 Å². The van der Waals surface area contributed by atoms with Gasteiger partial charge in [-0.1, -0.05) is 0 Å². The zero-order valence-corrected chi connectivity index (χ0v) is 4.57. The van der Waals surface area contributed by atoms with E-state index in [1.54, 1.807) is 13.8 Å². The Bertz CT molecular complexity index is 49.7. The molecule has 0 atom stereocenters. The molecule has 7 heavy (non-hydrogen) atoms. The van der Waals surface area contributed by atoms with Crippen LogP contribution in [0.1, 0.15) is 13.8 Å². The zero-order chi connectivity index (χ0) is 5.91. The molecular formula is C4H10FNO. The summed E-state index contributed by atoms with van der Waals surface area (Å²) in [5, 5.41) is 0. The van der Waals surface area contributed by atoms with Crippen LogP contribution in [0.3, 0.4) is 0 Å². The van der Waals surface area contributed by atoms with Crippen molar-refractivity contribution in [2.45, 2.75) is 19.4 Å². The van der Waals surface area contributed by atoms with Crippen molar-refractivity contribution in [3.63, 3.8) is 0 Å². The van der Waals surface area contributed by atoms with Crippen LogP contribution in [-0.4, -0.2) is 12.3 Å². The summed E-state index contributed by atoms with van der Waals surface area (Å²) in [4.78, 5) is 4.21. The number of rotatable bonds is 2. The fraction of sp³-hybridized carbons (Fsp3) is 1.00. The van der Waals surface area contributed by atoms with Crippen LogP contribution in [0, 0.1) is 0 Å². The van der Waals surface area contributed by atoms with Gasteiger partial charge in [0.05, 0.1) is 0 Å². The van der Waals surface area contributed by atoms with Crippen LogP contribution in [0.15, 0.2) is 0 Å². The molecule has 0 bridgehead atoms. The fourth-order valence-corrected chi connectivity index (χ4v) is 0.0315. The van der Waals surface area contributed by atoms with Crippen LogP contribution in [-0.2, 0) is 4.84 Å². The first kappa shape index (κ1) is 6.85. The highest BCUT2D eigenvalue weighted by molar-refractivity contribution is 4.63. The summed E-state index contributed by atoms with van der Waals surface area (Å²) in [5.74, 6) is 4.68. The van der Waals surface area contributed by atoms with Gasteiger partial charge in [-0.25, -0.2) is 10.3 Å². The van der Waals surface area contributed by atoms with Gasteiger partial charge in [0.25, 0.3) is 0 Å². The summed E-state index contributed by atoms with van der Waals surface area (Å²) < 4.78 is 11.6. The minimum Gasteiger partial charge on any atom is -0.296 e. The lowest BCUT2D eigenvalue weighted by Crippen LogP contribution is -2.30. The Kier molecular flexibility index (Phi) is 2.19. The van der Waals surface area contributed by atoms with Crippen molar-refractivity contribution in [2.75, 3.05) is 6.67 Å². The third-order valence-corrected chi connectivity index (χ3v) is 0.641. The van der Waals surface area contributed by atoms with Gasteiger partial charge in [-0.15, -0.1) is 0 Å². The highest BCUT2D eigenvalue weighted by Crippen LogP contribution is 2.04. The first-order valence-electron chi connectivity index (χ1n) is 2.06. The van der Waals surface area contributed by atoms with Crippen molar-refractivity contribution >= 4 is 0 Å². The van der Waals surface area contributed by atoms with E-state index in [1.807, 2.05) is 0 Å². The third kappa shape index (κ3) is 2.53. The molecule has 44 valence electrons. The van der Waals surface area contributed by atoms with Gasteiger partial charge in [-0.05, 0) is 13.8 Å². The predicted molar refractivity (Wildman–Crippen MR) is 25.3 cm³/mol. The van der Waals surface area contributed by atoms with Crippen LogP contribution < -0.4 is 5.90 Å². The van der Waals surface area contributed by atoms with E-state index in [-0.39, 0.29) is 0 Å². The second-order valence-corrected chi connectivity index (χ2v) is 2.01. The van der Waals surface area contributed by atoms with Gasteiger partial charge < -0.3 is 0 Å². The molecule has 0 aliphatic rings. The van der Waals surface area contributed by atoms with Crippen LogP contribution >= 0.6 is 0 Å². The Morgan fingerprint density at radius 1 is 1.71 bits per heavy atom. The molecule has 0 amide bonds. The van der Waals surface area contributed by atoms with Gasteiger partial charge >= 0.3 is 0 Å². The number of halogens is 1. The summed E-state index contributed by atoms with van der Waals surface area (Å²) >= 11 is 0. The van der Waals surface area contributed by atoms with Gasteiger partial charge in [0.1, 0.15) is 12.3 Å². The molecule has 3 heteroatoms. The highest BCUT2D eigenvalue weighted by Gasteiger charge is 2.15. The molecule has 0 saturated heterocycles. The molecule has 0 heterocycles. The molecule has 0 saturated carbocycles. The maximum absolute atomic E-state index is 11.6. The molecule has 0 aromatic carbocycles. The molecule has 2 nitrogen and oxygen atoms in total. The summed E-state index contributed by atoms with van der Waals surface area (Å²) in [6.07, 6.45) is 0. The Morgan fingerprint density at radius 2 is 2.14 bits per heavy atom. The van der Waals surface area contributed by atoms with E-state index < -0.39 is 12.3 Å². The van der Waals surface area contributed by atoms with Crippen molar-refractivity contribution in [3.05, 3.63) is 0 Å². The SMILES string of the molecule is CC(C)(CF)ON. The van der Waals surface area contributed by atoms with Crippen LogP contribution in [0.4, 0.5) is 4.39 Å². The predicted octanol–water partition coefficient (Wildman–Crippen LogP) is 0.625. The van der Waals surface area contributed by atoms with Crippen molar-refractivity contribution in [2.24, 2.45) is 5.90 Å². The molecule has 0 aromatic heterocycles. The minimum absolute atomic E-state index is 0.552. The third-order valence-electron chi connectivity index (χ3n) is 0.641. The van der Waals surface area contributed by atoms with E-state index >= 15 is 0 Å². The average Bonchev–Trinajstić information content (AvgIpc) is 1.68. The van der Waals surface area contributed by atoms with Crippen molar-refractivity contribution < 1.29 is 9.23 Å². The maximum Gasteiger partial charge on any atom is 0.120 e. The van der Waals surface area contributed by atoms with Gasteiger partial charge in [0, 0.05) is 0 Å². The van der Waals surface area contributed by atoms with E-state index in [2.05, 4.69) is 10.7 Å². The van der Waals surface area contributed by atoms with Crippen molar-refractivity contribution in [1.82, 2.24) is 0 Å².